The molecule has 0 unspecified atom stereocenters. The molecule has 2 aromatic heterocycles. The van der Waals surface area contributed by atoms with Crippen LogP contribution in [0.15, 0.2) is 57.8 Å². The van der Waals surface area contributed by atoms with Gasteiger partial charge in [-0.1, -0.05) is 67.0 Å². The van der Waals surface area contributed by atoms with Crippen molar-refractivity contribution in [3.8, 4) is 28.4 Å². The number of aryl methyl sites for hydroxylation is 2. The number of rotatable bonds is 11. The highest BCUT2D eigenvalue weighted by Crippen LogP contribution is 2.31. The zero-order chi connectivity index (χ0) is 26.4. The summed E-state index contributed by atoms with van der Waals surface area (Å²) in [7, 11) is -3.15. The van der Waals surface area contributed by atoms with Crippen LogP contribution in [0.1, 0.15) is 42.4 Å². The Kier molecular flexibility index (Phi) is 8.17. The van der Waals surface area contributed by atoms with Crippen LogP contribution in [0.5, 0.6) is 5.88 Å². The molecule has 0 aliphatic rings. The first-order valence-corrected chi connectivity index (χ1v) is 14.2. The van der Waals surface area contributed by atoms with Gasteiger partial charge in [0.25, 0.3) is 0 Å². The second kappa shape index (κ2) is 11.5. The molecule has 1 N–H and O–H groups in total. The molecule has 9 nitrogen and oxygen atoms in total. The van der Waals surface area contributed by atoms with Crippen LogP contribution in [0, 0.1) is 6.92 Å². The van der Waals surface area contributed by atoms with Crippen molar-refractivity contribution in [2.45, 2.75) is 39.5 Å². The average molecular weight is 523 g/mol. The van der Waals surface area contributed by atoms with E-state index in [2.05, 4.69) is 31.6 Å². The quantitative estimate of drug-likeness (QED) is 0.311. The van der Waals surface area contributed by atoms with Crippen LogP contribution < -0.4 is 10.5 Å². The highest BCUT2D eigenvalue weighted by Gasteiger charge is 2.17. The Morgan fingerprint density at radius 1 is 1.03 bits per heavy atom. The Hall–Kier alpha value is -3.79. The van der Waals surface area contributed by atoms with Gasteiger partial charge in [0.05, 0.1) is 11.4 Å². The standard InChI is InChI=1S/C27H30N4O5S/c1-4-5-10-24-23(26(29-18(2)28-24)35-15-16-37(3,33)34)17-19-11-13-20(14-12-19)21-8-6-7-9-22(21)25-30-27(32)36-31-25/h6-9,11-14H,4-5,10,15-17H2,1-3H3,(H,30,31,32). The van der Waals surface area contributed by atoms with Gasteiger partial charge >= 0.3 is 5.76 Å². The third-order valence-electron chi connectivity index (χ3n) is 5.89. The first kappa shape index (κ1) is 26.3. The van der Waals surface area contributed by atoms with E-state index in [0.717, 1.165) is 52.8 Å². The Morgan fingerprint density at radius 2 is 1.76 bits per heavy atom. The van der Waals surface area contributed by atoms with Crippen molar-refractivity contribution in [3.63, 3.8) is 0 Å². The van der Waals surface area contributed by atoms with Gasteiger partial charge in [-0.2, -0.15) is 4.98 Å². The molecule has 2 aromatic carbocycles. The van der Waals surface area contributed by atoms with Crippen LogP contribution in [0.4, 0.5) is 0 Å². The Balaban J connectivity index is 1.63. The smallest absolute Gasteiger partial charge is 0.439 e. The Morgan fingerprint density at radius 3 is 2.41 bits per heavy atom. The molecule has 0 bridgehead atoms. The molecule has 0 atom stereocenters. The normalized spacial score (nSPS) is 11.5. The van der Waals surface area contributed by atoms with Gasteiger partial charge in [-0.3, -0.25) is 9.51 Å². The topological polar surface area (TPSA) is 128 Å². The summed E-state index contributed by atoms with van der Waals surface area (Å²) in [5.74, 6) is 0.727. The molecule has 4 rings (SSSR count). The van der Waals surface area contributed by atoms with Gasteiger partial charge in [-0.15, -0.1) is 0 Å². The molecule has 2 heterocycles. The zero-order valence-corrected chi connectivity index (χ0v) is 22.0. The number of aromatic nitrogens is 4. The monoisotopic (exact) mass is 522 g/mol. The fourth-order valence-corrected chi connectivity index (χ4v) is 4.44. The van der Waals surface area contributed by atoms with Crippen molar-refractivity contribution in [2.24, 2.45) is 0 Å². The van der Waals surface area contributed by atoms with Crippen molar-refractivity contribution < 1.29 is 17.7 Å². The van der Waals surface area contributed by atoms with E-state index in [4.69, 9.17) is 4.74 Å². The van der Waals surface area contributed by atoms with E-state index in [1.807, 2.05) is 55.5 Å². The maximum absolute atomic E-state index is 11.6. The number of hydrogen-bond acceptors (Lipinski definition) is 8. The highest BCUT2D eigenvalue weighted by atomic mass is 32.2. The summed E-state index contributed by atoms with van der Waals surface area (Å²) < 4.78 is 33.7. The number of ether oxygens (including phenoxy) is 1. The summed E-state index contributed by atoms with van der Waals surface area (Å²) in [4.78, 5) is 23.2. The number of sulfone groups is 1. The predicted molar refractivity (Wildman–Crippen MR) is 141 cm³/mol. The summed E-state index contributed by atoms with van der Waals surface area (Å²) in [5, 5.41) is 3.83. The van der Waals surface area contributed by atoms with Crippen molar-refractivity contribution in [2.75, 3.05) is 18.6 Å². The van der Waals surface area contributed by atoms with Gasteiger partial charge in [0.1, 0.15) is 12.4 Å². The maximum atomic E-state index is 11.6. The van der Waals surface area contributed by atoms with Crippen LogP contribution in [0.2, 0.25) is 0 Å². The minimum Gasteiger partial charge on any atom is -0.476 e. The number of H-pyrrole nitrogens is 1. The summed E-state index contributed by atoms with van der Waals surface area (Å²) >= 11 is 0. The van der Waals surface area contributed by atoms with Crippen LogP contribution in [-0.4, -0.2) is 47.1 Å². The molecular formula is C27H30N4O5S. The fourth-order valence-electron chi connectivity index (χ4n) is 4.06. The molecule has 194 valence electrons. The SMILES string of the molecule is CCCCc1nc(C)nc(OCCS(C)(=O)=O)c1Cc1ccc(-c2ccccc2-c2noc(=O)[nH]2)cc1. The lowest BCUT2D eigenvalue weighted by molar-refractivity contribution is 0.322. The van der Waals surface area contributed by atoms with E-state index in [1.165, 1.54) is 6.26 Å². The van der Waals surface area contributed by atoms with E-state index in [1.54, 1.807) is 0 Å². The van der Waals surface area contributed by atoms with Crippen molar-refractivity contribution in [3.05, 3.63) is 81.7 Å². The van der Waals surface area contributed by atoms with Gasteiger partial charge in [0, 0.05) is 23.8 Å². The second-order valence-corrected chi connectivity index (χ2v) is 11.2. The van der Waals surface area contributed by atoms with Crippen molar-refractivity contribution in [1.82, 2.24) is 20.1 Å². The minimum absolute atomic E-state index is 0.0371. The lowest BCUT2D eigenvalue weighted by atomic mass is 9.96. The number of benzene rings is 2. The van der Waals surface area contributed by atoms with E-state index < -0.39 is 15.6 Å². The Labute approximate surface area is 215 Å². The zero-order valence-electron chi connectivity index (χ0n) is 21.2. The highest BCUT2D eigenvalue weighted by molar-refractivity contribution is 7.90. The molecule has 0 spiro atoms. The van der Waals surface area contributed by atoms with Gasteiger partial charge < -0.3 is 4.74 Å². The Bertz CT molecular complexity index is 1530. The molecule has 4 aromatic rings. The molecule has 0 aliphatic carbocycles. The molecule has 0 saturated carbocycles. The van der Waals surface area contributed by atoms with Crippen LogP contribution in [0.25, 0.3) is 22.5 Å². The number of aromatic amines is 1. The van der Waals surface area contributed by atoms with Crippen molar-refractivity contribution >= 4 is 9.84 Å². The lowest BCUT2D eigenvalue weighted by Gasteiger charge is -2.16. The lowest BCUT2D eigenvalue weighted by Crippen LogP contribution is -2.15. The molecule has 0 saturated heterocycles. The van der Waals surface area contributed by atoms with Crippen LogP contribution >= 0.6 is 0 Å². The molecular weight excluding hydrogens is 492 g/mol. The van der Waals surface area contributed by atoms with E-state index in [-0.39, 0.29) is 12.4 Å². The first-order valence-electron chi connectivity index (χ1n) is 12.1. The maximum Gasteiger partial charge on any atom is 0.439 e. The van der Waals surface area contributed by atoms with Gasteiger partial charge in [0.2, 0.25) is 5.88 Å². The summed E-state index contributed by atoms with van der Waals surface area (Å²) in [5.41, 5.74) is 5.46. The number of hydrogen-bond donors (Lipinski definition) is 1. The van der Waals surface area contributed by atoms with E-state index >= 15 is 0 Å². The molecule has 0 fully saturated rings. The summed E-state index contributed by atoms with van der Waals surface area (Å²) in [6.45, 7) is 3.98. The van der Waals surface area contributed by atoms with Crippen LogP contribution in [-0.2, 0) is 22.7 Å². The minimum atomic E-state index is -3.15. The largest absolute Gasteiger partial charge is 0.476 e. The average Bonchev–Trinajstić information content (AvgIpc) is 3.30. The third-order valence-corrected chi connectivity index (χ3v) is 6.80. The number of unbranched alkanes of at least 4 members (excludes halogenated alkanes) is 1. The predicted octanol–water partition coefficient (Wildman–Crippen LogP) is 4.15. The summed E-state index contributed by atoms with van der Waals surface area (Å²) in [6, 6.07) is 15.7. The molecule has 0 radical (unpaired) electrons. The molecule has 37 heavy (non-hydrogen) atoms. The molecule has 10 heteroatoms. The van der Waals surface area contributed by atoms with Gasteiger partial charge in [-0.05, 0) is 36.5 Å². The first-order chi connectivity index (χ1) is 17.7. The second-order valence-electron chi connectivity index (χ2n) is 8.95. The van der Waals surface area contributed by atoms with E-state index in [0.29, 0.717) is 23.9 Å². The van der Waals surface area contributed by atoms with Gasteiger partial charge in [-0.25, -0.2) is 18.2 Å². The number of nitrogens with one attached hydrogen (secondary N) is 1. The van der Waals surface area contributed by atoms with Crippen molar-refractivity contribution in [1.29, 1.82) is 0 Å². The third kappa shape index (κ3) is 6.91. The summed E-state index contributed by atoms with van der Waals surface area (Å²) in [6.07, 6.45) is 4.53. The van der Waals surface area contributed by atoms with Gasteiger partial charge in [0.15, 0.2) is 15.7 Å². The van der Waals surface area contributed by atoms with E-state index in [9.17, 15) is 13.2 Å². The fraction of sp³-hybridized carbons (Fsp3) is 0.333. The molecule has 0 amide bonds. The molecule has 0 aliphatic heterocycles. The van der Waals surface area contributed by atoms with Crippen LogP contribution in [0.3, 0.4) is 0 Å². The number of nitrogens with zero attached hydrogens (tertiary/aromatic N) is 3.